The van der Waals surface area contributed by atoms with Crippen LogP contribution in [0.5, 0.6) is 0 Å². The number of aromatic nitrogens is 1. The second-order valence-electron chi connectivity index (χ2n) is 7.40. The van der Waals surface area contributed by atoms with Crippen LogP contribution in [0, 0.1) is 13.8 Å². The summed E-state index contributed by atoms with van der Waals surface area (Å²) in [6, 6.07) is 12.2. The summed E-state index contributed by atoms with van der Waals surface area (Å²) in [5.74, 6) is -1.04. The summed E-state index contributed by atoms with van der Waals surface area (Å²) in [6.45, 7) is 6.07. The minimum atomic E-state index is -0.867. The Labute approximate surface area is 154 Å². The number of hydrogen-bond donors (Lipinski definition) is 2. The van der Waals surface area contributed by atoms with E-state index in [1.807, 2.05) is 38.1 Å². The molecule has 1 heterocycles. The summed E-state index contributed by atoms with van der Waals surface area (Å²) in [4.78, 5) is 24.0. The zero-order valence-corrected chi connectivity index (χ0v) is 15.6. The summed E-state index contributed by atoms with van der Waals surface area (Å²) in [7, 11) is 0. The van der Waals surface area contributed by atoms with Gasteiger partial charge in [0.2, 0.25) is 0 Å². The molecular formula is C21H26N2O3. The van der Waals surface area contributed by atoms with Gasteiger partial charge in [0.1, 0.15) is 0 Å². The molecule has 1 aliphatic rings. The van der Waals surface area contributed by atoms with E-state index in [1.54, 1.807) is 0 Å². The van der Waals surface area contributed by atoms with E-state index < -0.39 is 11.5 Å². The predicted octanol–water partition coefficient (Wildman–Crippen LogP) is 3.84. The van der Waals surface area contributed by atoms with E-state index in [2.05, 4.69) is 28.9 Å². The highest BCUT2D eigenvalue weighted by Gasteiger charge is 2.41. The number of rotatable bonds is 6. The first-order valence-corrected chi connectivity index (χ1v) is 9.11. The molecule has 1 unspecified atom stereocenters. The number of carbonyl (C=O) groups is 2. The topological polar surface area (TPSA) is 71.3 Å². The number of carboxylic acids is 1. The highest BCUT2D eigenvalue weighted by Crippen LogP contribution is 2.35. The van der Waals surface area contributed by atoms with Gasteiger partial charge in [0, 0.05) is 11.4 Å². The lowest BCUT2D eigenvalue weighted by atomic mass is 9.74. The summed E-state index contributed by atoms with van der Waals surface area (Å²) < 4.78 is 2.16. The van der Waals surface area contributed by atoms with Gasteiger partial charge >= 0.3 is 5.97 Å². The van der Waals surface area contributed by atoms with E-state index in [0.29, 0.717) is 5.56 Å². The van der Waals surface area contributed by atoms with Crippen LogP contribution in [0.3, 0.4) is 0 Å². The Morgan fingerprint density at radius 2 is 1.88 bits per heavy atom. The number of nitrogens with zero attached hydrogens (tertiary/aromatic N) is 1. The van der Waals surface area contributed by atoms with E-state index in [0.717, 1.165) is 30.7 Å². The molecule has 1 saturated carbocycles. The molecule has 3 rings (SSSR count). The Balaban J connectivity index is 1.85. The van der Waals surface area contributed by atoms with Crippen LogP contribution in [0.15, 0.2) is 36.4 Å². The first-order valence-electron chi connectivity index (χ1n) is 9.11. The first-order chi connectivity index (χ1) is 12.3. The number of nitrogens with one attached hydrogen (secondary N) is 1. The zero-order chi connectivity index (χ0) is 18.9. The van der Waals surface area contributed by atoms with E-state index in [4.69, 9.17) is 5.11 Å². The molecule has 0 spiro atoms. The molecule has 1 aromatic heterocycles. The van der Waals surface area contributed by atoms with Gasteiger partial charge in [0.25, 0.3) is 5.91 Å². The van der Waals surface area contributed by atoms with Gasteiger partial charge in [-0.25, -0.2) is 0 Å². The number of aryl methyl sites for hydroxylation is 1. The van der Waals surface area contributed by atoms with Gasteiger partial charge in [-0.05, 0) is 51.7 Å². The van der Waals surface area contributed by atoms with Crippen molar-refractivity contribution in [1.82, 2.24) is 9.88 Å². The van der Waals surface area contributed by atoms with E-state index in [-0.39, 0.29) is 18.4 Å². The summed E-state index contributed by atoms with van der Waals surface area (Å²) in [5.41, 5.74) is 3.15. The monoisotopic (exact) mass is 354 g/mol. The lowest BCUT2D eigenvalue weighted by molar-refractivity contribution is -0.139. The molecule has 0 saturated heterocycles. The first kappa shape index (κ1) is 18.2. The molecule has 0 aliphatic heterocycles. The largest absolute Gasteiger partial charge is 0.481 e. The van der Waals surface area contributed by atoms with Crippen molar-refractivity contribution in [2.24, 2.45) is 0 Å². The number of carbonyl (C=O) groups excluding carboxylic acids is 1. The third-order valence-electron chi connectivity index (χ3n) is 5.58. The number of hydrogen-bond acceptors (Lipinski definition) is 2. The molecule has 1 atom stereocenters. The van der Waals surface area contributed by atoms with Crippen molar-refractivity contribution in [3.8, 4) is 0 Å². The highest BCUT2D eigenvalue weighted by atomic mass is 16.4. The summed E-state index contributed by atoms with van der Waals surface area (Å²) in [6.07, 6.45) is 2.39. The average molecular weight is 354 g/mol. The Bertz CT molecular complexity index is 819. The van der Waals surface area contributed by atoms with Crippen LogP contribution in [-0.2, 0) is 4.79 Å². The maximum absolute atomic E-state index is 12.9. The normalized spacial score (nSPS) is 16.6. The van der Waals surface area contributed by atoms with E-state index >= 15 is 0 Å². The smallest absolute Gasteiger partial charge is 0.305 e. The van der Waals surface area contributed by atoms with E-state index in [1.165, 1.54) is 5.56 Å². The molecule has 1 amide bonds. The molecule has 5 heteroatoms. The van der Waals surface area contributed by atoms with Crippen molar-refractivity contribution in [3.05, 3.63) is 58.9 Å². The Morgan fingerprint density at radius 1 is 1.23 bits per heavy atom. The maximum Gasteiger partial charge on any atom is 0.305 e. The number of amides is 1. The van der Waals surface area contributed by atoms with Gasteiger partial charge in [0.15, 0.2) is 0 Å². The zero-order valence-electron chi connectivity index (χ0n) is 15.6. The lowest BCUT2D eigenvalue weighted by Gasteiger charge is -2.41. The number of aliphatic carboxylic acids is 1. The van der Waals surface area contributed by atoms with Crippen LogP contribution in [0.2, 0.25) is 0 Å². The Hall–Kier alpha value is -2.56. The minimum Gasteiger partial charge on any atom is -0.481 e. The molecule has 0 bridgehead atoms. The van der Waals surface area contributed by atoms with E-state index in [9.17, 15) is 9.59 Å². The summed E-state index contributed by atoms with van der Waals surface area (Å²) in [5, 5.41) is 12.1. The van der Waals surface area contributed by atoms with Crippen LogP contribution in [-0.4, -0.2) is 27.1 Å². The van der Waals surface area contributed by atoms with Crippen LogP contribution in [0.4, 0.5) is 0 Å². The van der Waals surface area contributed by atoms with Crippen LogP contribution in [0.25, 0.3) is 0 Å². The van der Waals surface area contributed by atoms with Crippen molar-refractivity contribution in [1.29, 1.82) is 0 Å². The minimum absolute atomic E-state index is 0.0160. The molecule has 2 aromatic rings. The highest BCUT2D eigenvalue weighted by molar-refractivity contribution is 5.96. The quantitative estimate of drug-likeness (QED) is 0.828. The molecule has 138 valence electrons. The second kappa shape index (κ2) is 6.98. The van der Waals surface area contributed by atoms with Gasteiger partial charge in [-0.2, -0.15) is 0 Å². The predicted molar refractivity (Wildman–Crippen MR) is 100 cm³/mol. The van der Waals surface area contributed by atoms with Crippen LogP contribution < -0.4 is 5.32 Å². The maximum atomic E-state index is 12.9. The molecule has 1 fully saturated rings. The molecular weight excluding hydrogens is 328 g/mol. The Morgan fingerprint density at radius 3 is 2.42 bits per heavy atom. The Kier molecular flexibility index (Phi) is 4.90. The van der Waals surface area contributed by atoms with Gasteiger partial charge < -0.3 is 15.0 Å². The molecule has 0 radical (unpaired) electrons. The van der Waals surface area contributed by atoms with Crippen molar-refractivity contribution >= 4 is 11.9 Å². The second-order valence-corrected chi connectivity index (χ2v) is 7.40. The third kappa shape index (κ3) is 3.39. The lowest BCUT2D eigenvalue weighted by Crippen LogP contribution is -2.54. The fraction of sp³-hybridized carbons (Fsp3) is 0.429. The third-order valence-corrected chi connectivity index (χ3v) is 5.58. The van der Waals surface area contributed by atoms with Gasteiger partial charge in [0.05, 0.1) is 23.6 Å². The summed E-state index contributed by atoms with van der Waals surface area (Å²) >= 11 is 0. The fourth-order valence-corrected chi connectivity index (χ4v) is 4.03. The number of carboxylic acid groups (broad SMARTS) is 1. The molecule has 1 aliphatic carbocycles. The average Bonchev–Trinajstić information content (AvgIpc) is 2.87. The van der Waals surface area contributed by atoms with Gasteiger partial charge in [-0.1, -0.05) is 30.3 Å². The van der Waals surface area contributed by atoms with Crippen LogP contribution >= 0.6 is 0 Å². The van der Waals surface area contributed by atoms with Crippen molar-refractivity contribution in [2.75, 3.05) is 0 Å². The molecule has 26 heavy (non-hydrogen) atoms. The molecule has 5 nitrogen and oxygen atoms in total. The van der Waals surface area contributed by atoms with Crippen LogP contribution in [0.1, 0.15) is 66.0 Å². The van der Waals surface area contributed by atoms with Crippen molar-refractivity contribution in [2.45, 2.75) is 58.0 Å². The molecule has 2 N–H and O–H groups in total. The standard InChI is InChI=1S/C21H26N2O3/c1-14-12-18(20(26)22-21(10-7-11-21)13-19(24)25)16(3)23(14)15(2)17-8-5-4-6-9-17/h4-6,8-9,12,15H,7,10-11,13H2,1-3H3,(H,22,26)(H,24,25). The van der Waals surface area contributed by atoms with Gasteiger partial charge in [-0.3, -0.25) is 9.59 Å². The number of benzene rings is 1. The van der Waals surface area contributed by atoms with Crippen molar-refractivity contribution < 1.29 is 14.7 Å². The SMILES string of the molecule is Cc1cc(C(=O)NC2(CC(=O)O)CCC2)c(C)n1C(C)c1ccccc1. The van der Waals surface area contributed by atoms with Gasteiger partial charge in [-0.15, -0.1) is 0 Å². The fourth-order valence-electron chi connectivity index (χ4n) is 4.03. The molecule has 1 aromatic carbocycles. The van der Waals surface area contributed by atoms with Crippen molar-refractivity contribution in [3.63, 3.8) is 0 Å².